The topological polar surface area (TPSA) is 85.5 Å². The van der Waals surface area contributed by atoms with E-state index in [0.717, 1.165) is 50.0 Å². The molecule has 0 aliphatic heterocycles. The first kappa shape index (κ1) is 43.7. The Balaban J connectivity index is 0.000000300. The number of hydrogen-bond acceptors (Lipinski definition) is 5. The van der Waals surface area contributed by atoms with Gasteiger partial charge in [-0.25, -0.2) is 4.98 Å². The minimum atomic E-state index is -1.40. The van der Waals surface area contributed by atoms with Crippen LogP contribution in [0.25, 0.3) is 89.4 Å². The van der Waals surface area contributed by atoms with Crippen LogP contribution in [0, 0.1) is 12.4 Å². The molecular weight excluding hydrogens is 999 g/mol. The van der Waals surface area contributed by atoms with E-state index < -0.39 is 8.07 Å². The summed E-state index contributed by atoms with van der Waals surface area (Å²) in [7, 11) is 0.456. The van der Waals surface area contributed by atoms with Crippen molar-refractivity contribution in [2.75, 3.05) is 0 Å². The SMILES string of the molecule is CC(C)c1cc(-c2ccc([Si](C)(C)C)cc2)cc(C(C)C)c1-n1c(-c2[c-]ccc3c2oc2nc(-c4ccccc4)ccc23)nc2ccccc21.C[n+]1[c-]n2c(c1)oc1cccc(O)c12.[Ir]. The van der Waals surface area contributed by atoms with E-state index >= 15 is 0 Å². The van der Waals surface area contributed by atoms with E-state index in [4.69, 9.17) is 18.8 Å². The summed E-state index contributed by atoms with van der Waals surface area (Å²) in [5, 5.41) is 13.1. The Labute approximate surface area is 393 Å². The molecule has 0 saturated carbocycles. The molecule has 0 saturated heterocycles. The van der Waals surface area contributed by atoms with Gasteiger partial charge in [-0.1, -0.05) is 136 Å². The van der Waals surface area contributed by atoms with Gasteiger partial charge in [-0.3, -0.25) is 9.38 Å². The molecule has 11 aromatic rings. The Bertz CT molecular complexity index is 3490. The molecule has 8 nitrogen and oxygen atoms in total. The van der Waals surface area contributed by atoms with E-state index in [0.29, 0.717) is 22.5 Å². The summed E-state index contributed by atoms with van der Waals surface area (Å²) in [6.45, 7) is 16.4. The predicted octanol–water partition coefficient (Wildman–Crippen LogP) is 12.9. The van der Waals surface area contributed by atoms with Crippen molar-refractivity contribution in [3.8, 4) is 45.2 Å². The van der Waals surface area contributed by atoms with Crippen molar-refractivity contribution in [3.63, 3.8) is 0 Å². The molecule has 6 aromatic carbocycles. The third-order valence-corrected chi connectivity index (χ3v) is 14.1. The van der Waals surface area contributed by atoms with Crippen molar-refractivity contribution in [2.45, 2.75) is 59.2 Å². The summed E-state index contributed by atoms with van der Waals surface area (Å²) in [6.07, 6.45) is 4.81. The number of hydrogen-bond donors (Lipinski definition) is 1. The second-order valence-corrected chi connectivity index (χ2v) is 23.3. The largest absolute Gasteiger partial charge is 0.513 e. The van der Waals surface area contributed by atoms with E-state index in [-0.39, 0.29) is 37.7 Å². The van der Waals surface area contributed by atoms with Gasteiger partial charge in [0, 0.05) is 36.7 Å². The van der Waals surface area contributed by atoms with E-state index in [9.17, 15) is 5.11 Å². The molecule has 0 fully saturated rings. The number of nitrogens with zero attached hydrogens (tertiary/aromatic N) is 5. The maximum Gasteiger partial charge on any atom is 0.246 e. The number of furan rings is 1. The maximum absolute atomic E-state index is 9.66. The second-order valence-electron chi connectivity index (χ2n) is 18.3. The quantitative estimate of drug-likeness (QED) is 0.0976. The molecule has 0 aliphatic rings. The average molecular weight is 1050 g/mol. The van der Waals surface area contributed by atoms with Crippen molar-refractivity contribution in [2.24, 2.45) is 7.05 Å². The Kier molecular flexibility index (Phi) is 11.5. The van der Waals surface area contributed by atoms with Crippen molar-refractivity contribution >= 4 is 63.2 Å². The zero-order chi connectivity index (χ0) is 44.4. The molecule has 0 bridgehead atoms. The molecule has 0 atom stereocenters. The number of benzene rings is 6. The van der Waals surface area contributed by atoms with Gasteiger partial charge in [-0.2, -0.15) is 0 Å². The molecule has 0 amide bonds. The fourth-order valence-corrected chi connectivity index (χ4v) is 9.91. The van der Waals surface area contributed by atoms with Crippen LogP contribution in [0.5, 0.6) is 5.75 Å². The summed E-state index contributed by atoms with van der Waals surface area (Å²) >= 11 is 0. The fraction of sp³-hybridized carbons (Fsp3) is 0.182. The standard InChI is InChI=1S/C45H42N3OSi.C10H8N2O2.Ir/c1-28(2)37-26-32(30-20-22-33(23-21-30)50(5,6)7)27-38(29(3)4)42(37)48-41-19-12-11-18-40(41)46-44(48)36-17-13-16-34-35-24-25-39(31-14-9-8-10-15-31)47-45(35)49-43(34)36;1-11-5-9-12(6-11)10-7(13)3-2-4-8(10)14-9;/h8-16,18-29H,1-7H3;2-5,13H,1H3;/q-1;;. The van der Waals surface area contributed by atoms with Crippen LogP contribution >= 0.6 is 0 Å². The maximum atomic E-state index is 9.66. The van der Waals surface area contributed by atoms with Crippen molar-refractivity contribution in [1.82, 2.24) is 18.9 Å². The molecule has 0 spiro atoms. The van der Waals surface area contributed by atoms with Crippen LogP contribution in [0.15, 0.2) is 148 Å². The molecule has 0 unspecified atom stereocenters. The average Bonchev–Trinajstić information content (AvgIpc) is 4.05. The normalized spacial score (nSPS) is 11.9. The summed E-state index contributed by atoms with van der Waals surface area (Å²) in [4.78, 5) is 10.3. The molecule has 1 N–H and O–H groups in total. The first-order valence-electron chi connectivity index (χ1n) is 21.9. The van der Waals surface area contributed by atoms with Crippen LogP contribution in [-0.4, -0.2) is 32.1 Å². The third-order valence-electron chi connectivity index (χ3n) is 12.1. The monoisotopic (exact) mass is 1050 g/mol. The number of para-hydroxylation sites is 3. The molecule has 11 rings (SSSR count). The summed E-state index contributed by atoms with van der Waals surface area (Å²) < 4.78 is 18.0. The summed E-state index contributed by atoms with van der Waals surface area (Å²) in [5.74, 6) is 1.55. The molecule has 5 aromatic heterocycles. The first-order chi connectivity index (χ1) is 30.8. The van der Waals surface area contributed by atoms with Crippen LogP contribution in [-0.2, 0) is 27.2 Å². The number of phenolic OH excluding ortho intramolecular Hbond substituents is 1. The smallest absolute Gasteiger partial charge is 0.246 e. The number of rotatable bonds is 7. The van der Waals surface area contributed by atoms with Crippen LogP contribution in [0.1, 0.15) is 50.7 Å². The molecule has 10 heteroatoms. The van der Waals surface area contributed by atoms with Gasteiger partial charge in [0.25, 0.3) is 0 Å². The zero-order valence-corrected chi connectivity index (χ0v) is 41.2. The fourth-order valence-electron chi connectivity index (χ4n) is 8.75. The van der Waals surface area contributed by atoms with Crippen LogP contribution in [0.3, 0.4) is 0 Å². The number of phenols is 1. The summed E-state index contributed by atoms with van der Waals surface area (Å²) in [6, 6.07) is 49.8. The van der Waals surface area contributed by atoms with Crippen LogP contribution in [0.4, 0.5) is 0 Å². The minimum absolute atomic E-state index is 0. The third kappa shape index (κ3) is 7.90. The first-order valence-corrected chi connectivity index (χ1v) is 25.4. The van der Waals surface area contributed by atoms with Crippen molar-refractivity contribution in [1.29, 1.82) is 0 Å². The number of fused-ring (bicyclic) bond motifs is 7. The number of aromatic nitrogens is 5. The van der Waals surface area contributed by atoms with Gasteiger partial charge in [0.2, 0.25) is 17.8 Å². The van der Waals surface area contributed by atoms with E-state index in [1.165, 1.54) is 33.1 Å². The van der Waals surface area contributed by atoms with Crippen LogP contribution in [0.2, 0.25) is 19.6 Å². The predicted molar refractivity (Wildman–Crippen MR) is 261 cm³/mol. The molecule has 5 heterocycles. The Morgan fingerprint density at radius 2 is 1.42 bits per heavy atom. The van der Waals surface area contributed by atoms with E-state index in [1.54, 1.807) is 27.3 Å². The number of aryl methyl sites for hydroxylation is 1. The second kappa shape index (κ2) is 17.1. The van der Waals surface area contributed by atoms with Crippen LogP contribution < -0.4 is 9.75 Å². The zero-order valence-electron chi connectivity index (χ0n) is 37.8. The van der Waals surface area contributed by atoms with Gasteiger partial charge in [-0.15, -0.1) is 18.2 Å². The van der Waals surface area contributed by atoms with Gasteiger partial charge in [0.1, 0.15) is 16.8 Å². The molecule has 1 radical (unpaired) electrons. The molecule has 327 valence electrons. The van der Waals surface area contributed by atoms with E-state index in [2.05, 4.69) is 155 Å². The van der Waals surface area contributed by atoms with Gasteiger partial charge in [-0.05, 0) is 82.6 Å². The Morgan fingerprint density at radius 1 is 0.708 bits per heavy atom. The van der Waals surface area contributed by atoms with Crippen molar-refractivity contribution < 1.29 is 38.6 Å². The van der Waals surface area contributed by atoms with Gasteiger partial charge < -0.3 is 23.1 Å². The summed E-state index contributed by atoms with van der Waals surface area (Å²) in [5.41, 5.74) is 14.4. The number of pyridine rings is 1. The number of imidazole rings is 2. The number of oxazole rings is 1. The minimum Gasteiger partial charge on any atom is -0.513 e. The van der Waals surface area contributed by atoms with Crippen molar-refractivity contribution in [3.05, 3.63) is 163 Å². The van der Waals surface area contributed by atoms with E-state index in [1.807, 2.05) is 37.4 Å². The van der Waals surface area contributed by atoms with Gasteiger partial charge in [0.05, 0.1) is 49.5 Å². The Morgan fingerprint density at radius 3 is 2.12 bits per heavy atom. The molecule has 0 aliphatic carbocycles. The molecular formula is C55H50IrN5O3Si-. The van der Waals surface area contributed by atoms with Gasteiger partial charge >= 0.3 is 0 Å². The molecule has 65 heavy (non-hydrogen) atoms. The van der Waals surface area contributed by atoms with Gasteiger partial charge in [0.15, 0.2) is 0 Å². The Hall–Kier alpha value is -6.58. The number of aromatic hydroxyl groups is 1.